The quantitative estimate of drug-likeness (QED) is 0.270. The molecule has 0 rings (SSSR count). The molecular formula is C16H26O4. The van der Waals surface area contributed by atoms with Gasteiger partial charge in [-0.3, -0.25) is 4.79 Å². The summed E-state index contributed by atoms with van der Waals surface area (Å²) in [4.78, 5) is 21.4. The number of carbonyl (C=O) groups is 2. The average Bonchev–Trinajstić information content (AvgIpc) is 2.35. The molecule has 0 aliphatic heterocycles. The van der Waals surface area contributed by atoms with Gasteiger partial charge < -0.3 is 9.84 Å². The zero-order valence-electron chi connectivity index (χ0n) is 12.6. The number of ether oxygens (including phenoxy) is 1. The van der Waals surface area contributed by atoms with Gasteiger partial charge in [-0.25, -0.2) is 4.79 Å². The number of aliphatic carboxylic acids is 1. The summed E-state index contributed by atoms with van der Waals surface area (Å²) >= 11 is 0. The first-order chi connectivity index (χ1) is 9.37. The van der Waals surface area contributed by atoms with Crippen LogP contribution in [0.5, 0.6) is 0 Å². The molecule has 0 aromatic carbocycles. The third-order valence-electron chi connectivity index (χ3n) is 2.88. The molecule has 0 fully saturated rings. The lowest BCUT2D eigenvalue weighted by Gasteiger charge is -2.23. The van der Waals surface area contributed by atoms with E-state index in [-0.39, 0.29) is 6.42 Å². The van der Waals surface area contributed by atoms with E-state index in [0.29, 0.717) is 0 Å². The van der Waals surface area contributed by atoms with Gasteiger partial charge in [-0.1, -0.05) is 25.2 Å². The summed E-state index contributed by atoms with van der Waals surface area (Å²) in [6.45, 7) is 7.14. The molecule has 4 nitrogen and oxygen atoms in total. The van der Waals surface area contributed by atoms with Crippen molar-refractivity contribution in [3.63, 3.8) is 0 Å². The van der Waals surface area contributed by atoms with Gasteiger partial charge in [0.25, 0.3) is 0 Å². The Hall–Kier alpha value is -1.58. The molecule has 0 atom stereocenters. The Balaban J connectivity index is 3.62. The van der Waals surface area contributed by atoms with E-state index in [9.17, 15) is 9.59 Å². The second kappa shape index (κ2) is 10.2. The number of allylic oxidation sites excluding steroid dienone is 2. The van der Waals surface area contributed by atoms with E-state index in [2.05, 4.69) is 18.7 Å². The first kappa shape index (κ1) is 18.4. The Bertz CT molecular complexity index is 342. The largest absolute Gasteiger partial charge is 0.481 e. The van der Waals surface area contributed by atoms with Gasteiger partial charge in [-0.2, -0.15) is 0 Å². The van der Waals surface area contributed by atoms with Gasteiger partial charge in [-0.15, -0.1) is 0 Å². The smallest absolute Gasteiger partial charge is 0.330 e. The van der Waals surface area contributed by atoms with Gasteiger partial charge in [0, 0.05) is 12.5 Å². The normalized spacial score (nSPS) is 11.5. The topological polar surface area (TPSA) is 63.6 Å². The molecule has 0 unspecified atom stereocenters. The van der Waals surface area contributed by atoms with Crippen molar-refractivity contribution in [1.82, 2.24) is 0 Å². The maximum atomic E-state index is 11.1. The molecule has 0 aliphatic carbocycles. The fourth-order valence-electron chi connectivity index (χ4n) is 1.75. The molecule has 20 heavy (non-hydrogen) atoms. The second-order valence-electron chi connectivity index (χ2n) is 5.39. The molecule has 0 saturated carbocycles. The van der Waals surface area contributed by atoms with Crippen molar-refractivity contribution >= 4 is 11.9 Å². The van der Waals surface area contributed by atoms with Gasteiger partial charge in [0.1, 0.15) is 5.60 Å². The van der Waals surface area contributed by atoms with Crippen LogP contribution in [0.1, 0.15) is 58.8 Å². The van der Waals surface area contributed by atoms with E-state index in [4.69, 9.17) is 9.84 Å². The predicted octanol–water partition coefficient (Wildman–Crippen LogP) is 3.87. The number of hydrogen-bond donors (Lipinski definition) is 1. The molecule has 114 valence electrons. The molecule has 0 amide bonds. The van der Waals surface area contributed by atoms with E-state index < -0.39 is 17.5 Å². The van der Waals surface area contributed by atoms with Crippen molar-refractivity contribution in [3.8, 4) is 0 Å². The van der Waals surface area contributed by atoms with Crippen LogP contribution < -0.4 is 0 Å². The summed E-state index contributed by atoms with van der Waals surface area (Å²) in [5.41, 5.74) is -0.475. The molecule has 4 heteroatoms. The van der Waals surface area contributed by atoms with Crippen LogP contribution in [-0.2, 0) is 14.3 Å². The third kappa shape index (κ3) is 11.5. The number of hydrogen-bond acceptors (Lipinski definition) is 3. The van der Waals surface area contributed by atoms with Gasteiger partial charge in [0.2, 0.25) is 0 Å². The molecule has 0 aliphatic rings. The molecule has 0 aromatic rings. The van der Waals surface area contributed by atoms with E-state index in [0.717, 1.165) is 38.5 Å². The van der Waals surface area contributed by atoms with Crippen LogP contribution in [0.15, 0.2) is 24.8 Å². The van der Waals surface area contributed by atoms with Gasteiger partial charge in [0.15, 0.2) is 0 Å². The zero-order chi connectivity index (χ0) is 15.4. The number of rotatable bonds is 11. The fraction of sp³-hybridized carbons (Fsp3) is 0.625. The third-order valence-corrected chi connectivity index (χ3v) is 2.88. The molecular weight excluding hydrogens is 256 g/mol. The maximum Gasteiger partial charge on any atom is 0.330 e. The molecule has 1 N–H and O–H groups in total. The van der Waals surface area contributed by atoms with Gasteiger partial charge >= 0.3 is 11.9 Å². The van der Waals surface area contributed by atoms with E-state index in [1.807, 2.05) is 13.8 Å². The minimum atomic E-state index is -0.725. The molecule has 0 aromatic heterocycles. The van der Waals surface area contributed by atoms with Crippen LogP contribution in [-0.4, -0.2) is 22.6 Å². The highest BCUT2D eigenvalue weighted by atomic mass is 16.6. The van der Waals surface area contributed by atoms with E-state index in [1.54, 1.807) is 0 Å². The lowest BCUT2D eigenvalue weighted by atomic mass is 10.0. The monoisotopic (exact) mass is 282 g/mol. The van der Waals surface area contributed by atoms with Crippen LogP contribution >= 0.6 is 0 Å². The number of carboxylic acids is 1. The molecule has 0 heterocycles. The van der Waals surface area contributed by atoms with E-state index in [1.165, 1.54) is 6.08 Å². The first-order valence-electron chi connectivity index (χ1n) is 7.09. The Morgan fingerprint density at radius 2 is 1.80 bits per heavy atom. The van der Waals surface area contributed by atoms with Crippen LogP contribution in [0.3, 0.4) is 0 Å². The Morgan fingerprint density at radius 1 is 1.15 bits per heavy atom. The molecule has 0 saturated heterocycles. The fourth-order valence-corrected chi connectivity index (χ4v) is 1.75. The molecule has 0 spiro atoms. The van der Waals surface area contributed by atoms with Gasteiger partial charge in [0.05, 0.1) is 0 Å². The minimum Gasteiger partial charge on any atom is -0.481 e. The number of carboxylic acid groups (broad SMARTS) is 1. The van der Waals surface area contributed by atoms with Crippen molar-refractivity contribution in [2.75, 3.05) is 0 Å². The van der Waals surface area contributed by atoms with Crippen LogP contribution in [0.4, 0.5) is 0 Å². The standard InChI is InChI=1S/C16H26O4/c1-4-15(19)20-16(2,3)13-11-9-7-5-6-8-10-12-14(17)18/h4,7,9H,1,5-6,8,10-13H2,2-3H3,(H,17,18). The van der Waals surface area contributed by atoms with Crippen molar-refractivity contribution in [3.05, 3.63) is 24.8 Å². The van der Waals surface area contributed by atoms with Gasteiger partial charge in [-0.05, 0) is 46.0 Å². The van der Waals surface area contributed by atoms with Crippen molar-refractivity contribution in [1.29, 1.82) is 0 Å². The van der Waals surface area contributed by atoms with E-state index >= 15 is 0 Å². The number of carbonyl (C=O) groups excluding carboxylic acids is 1. The van der Waals surface area contributed by atoms with Crippen LogP contribution in [0, 0.1) is 0 Å². The minimum absolute atomic E-state index is 0.257. The highest BCUT2D eigenvalue weighted by Crippen LogP contribution is 2.17. The second-order valence-corrected chi connectivity index (χ2v) is 5.39. The van der Waals surface area contributed by atoms with Crippen LogP contribution in [0.2, 0.25) is 0 Å². The average molecular weight is 282 g/mol. The predicted molar refractivity (Wildman–Crippen MR) is 79.5 cm³/mol. The highest BCUT2D eigenvalue weighted by Gasteiger charge is 2.20. The summed E-state index contributed by atoms with van der Waals surface area (Å²) in [7, 11) is 0. The Morgan fingerprint density at radius 3 is 2.40 bits per heavy atom. The summed E-state index contributed by atoms with van der Waals surface area (Å²) in [5, 5.41) is 8.49. The van der Waals surface area contributed by atoms with Crippen molar-refractivity contribution in [2.24, 2.45) is 0 Å². The zero-order valence-corrected chi connectivity index (χ0v) is 12.6. The lowest BCUT2D eigenvalue weighted by Crippen LogP contribution is -2.26. The Kier molecular flexibility index (Phi) is 9.43. The van der Waals surface area contributed by atoms with Crippen LogP contribution in [0.25, 0.3) is 0 Å². The molecule has 0 bridgehead atoms. The lowest BCUT2D eigenvalue weighted by molar-refractivity contribution is -0.150. The maximum absolute atomic E-state index is 11.1. The highest BCUT2D eigenvalue weighted by molar-refractivity contribution is 5.81. The number of unbranched alkanes of at least 4 members (excludes halogenated alkanes) is 3. The SMILES string of the molecule is C=CC(=O)OC(C)(C)CCC=CCCCCCC(=O)O. The summed E-state index contributed by atoms with van der Waals surface area (Å²) in [5.74, 6) is -1.12. The number of esters is 1. The van der Waals surface area contributed by atoms with Crippen molar-refractivity contribution in [2.45, 2.75) is 64.4 Å². The summed E-state index contributed by atoms with van der Waals surface area (Å²) in [6, 6.07) is 0. The summed E-state index contributed by atoms with van der Waals surface area (Å²) in [6.07, 6.45) is 10.9. The molecule has 0 radical (unpaired) electrons. The van der Waals surface area contributed by atoms with Crippen molar-refractivity contribution < 1.29 is 19.4 Å². The summed E-state index contributed by atoms with van der Waals surface area (Å²) < 4.78 is 5.22. The Labute approximate surface area is 121 Å². The first-order valence-corrected chi connectivity index (χ1v) is 7.09.